The maximum Gasteiger partial charge on any atom is 0.309 e. The summed E-state index contributed by atoms with van der Waals surface area (Å²) in [6, 6.07) is 0.583. The van der Waals surface area contributed by atoms with E-state index in [0.717, 1.165) is 32.4 Å². The molecule has 2 fully saturated rings. The van der Waals surface area contributed by atoms with Gasteiger partial charge in [-0.15, -0.1) is 12.3 Å². The Balaban J connectivity index is 1.70. The second-order valence-corrected chi connectivity index (χ2v) is 7.24. The molecule has 0 spiro atoms. The fourth-order valence-corrected chi connectivity index (χ4v) is 3.15. The van der Waals surface area contributed by atoms with Crippen LogP contribution in [-0.4, -0.2) is 35.6 Å². The Bertz CT molecular complexity index is 377. The summed E-state index contributed by atoms with van der Waals surface area (Å²) >= 11 is 0. The minimum Gasteiger partial charge on any atom is -0.460 e. The maximum atomic E-state index is 11.9. The molecule has 0 aromatic carbocycles. The average Bonchev–Trinajstić information content (AvgIpc) is 2.27. The number of piperidine rings is 1. The van der Waals surface area contributed by atoms with Crippen molar-refractivity contribution in [3.05, 3.63) is 0 Å². The van der Waals surface area contributed by atoms with Crippen LogP contribution in [0.1, 0.15) is 52.9 Å². The summed E-state index contributed by atoms with van der Waals surface area (Å²) in [7, 11) is 0. The first-order chi connectivity index (χ1) is 9.39. The molecule has 1 saturated heterocycles. The third-order valence-corrected chi connectivity index (χ3v) is 4.43. The summed E-state index contributed by atoms with van der Waals surface area (Å²) in [5.74, 6) is 3.58. The van der Waals surface area contributed by atoms with Crippen LogP contribution in [0.5, 0.6) is 0 Å². The van der Waals surface area contributed by atoms with E-state index in [-0.39, 0.29) is 17.5 Å². The van der Waals surface area contributed by atoms with Gasteiger partial charge in [-0.1, -0.05) is 0 Å². The topological polar surface area (TPSA) is 29.5 Å². The molecule has 112 valence electrons. The minimum atomic E-state index is -0.365. The molecular weight excluding hydrogens is 250 g/mol. The first kappa shape index (κ1) is 15.4. The molecule has 2 rings (SSSR count). The van der Waals surface area contributed by atoms with Crippen LogP contribution in [0.4, 0.5) is 0 Å². The van der Waals surface area contributed by atoms with E-state index in [1.807, 2.05) is 20.8 Å². The predicted octanol–water partition coefficient (Wildman–Crippen LogP) is 2.84. The molecule has 0 bridgehead atoms. The van der Waals surface area contributed by atoms with Gasteiger partial charge in [0.2, 0.25) is 0 Å². The third-order valence-electron chi connectivity index (χ3n) is 4.43. The lowest BCUT2D eigenvalue weighted by Crippen LogP contribution is -2.50. The molecule has 20 heavy (non-hydrogen) atoms. The number of terminal acetylenes is 1. The van der Waals surface area contributed by atoms with Crippen LogP contribution >= 0.6 is 0 Å². The summed E-state index contributed by atoms with van der Waals surface area (Å²) in [5.41, 5.74) is -0.365. The molecule has 2 aliphatic rings. The number of esters is 1. The lowest BCUT2D eigenvalue weighted by molar-refractivity contribution is -0.165. The summed E-state index contributed by atoms with van der Waals surface area (Å²) in [5, 5.41) is 0. The average molecular weight is 277 g/mol. The Morgan fingerprint density at radius 1 is 1.30 bits per heavy atom. The first-order valence-corrected chi connectivity index (χ1v) is 7.79. The number of ether oxygens (including phenoxy) is 1. The SMILES string of the molecule is C#CCC1CCN(C2CC(C(=O)OC(C)(C)C)C2)CC1. The van der Waals surface area contributed by atoms with Crippen LogP contribution in [0, 0.1) is 24.2 Å². The van der Waals surface area contributed by atoms with Gasteiger partial charge in [0.15, 0.2) is 0 Å². The van der Waals surface area contributed by atoms with Crippen molar-refractivity contribution >= 4 is 5.97 Å². The zero-order chi connectivity index (χ0) is 14.8. The van der Waals surface area contributed by atoms with Crippen LogP contribution in [0.15, 0.2) is 0 Å². The van der Waals surface area contributed by atoms with E-state index < -0.39 is 0 Å². The van der Waals surface area contributed by atoms with Crippen LogP contribution < -0.4 is 0 Å². The third kappa shape index (κ3) is 3.99. The zero-order valence-corrected chi connectivity index (χ0v) is 13.0. The van der Waals surface area contributed by atoms with Gasteiger partial charge in [-0.05, 0) is 65.5 Å². The largest absolute Gasteiger partial charge is 0.460 e. The molecule has 1 aliphatic heterocycles. The van der Waals surface area contributed by atoms with Crippen LogP contribution in [0.3, 0.4) is 0 Å². The van der Waals surface area contributed by atoms with Crippen LogP contribution in [0.25, 0.3) is 0 Å². The zero-order valence-electron chi connectivity index (χ0n) is 13.0. The summed E-state index contributed by atoms with van der Waals surface area (Å²) < 4.78 is 5.45. The van der Waals surface area contributed by atoms with E-state index in [1.54, 1.807) is 0 Å². The van der Waals surface area contributed by atoms with Crippen molar-refractivity contribution in [3.63, 3.8) is 0 Å². The van der Waals surface area contributed by atoms with E-state index in [4.69, 9.17) is 11.2 Å². The van der Waals surface area contributed by atoms with Gasteiger partial charge in [0.05, 0.1) is 5.92 Å². The van der Waals surface area contributed by atoms with E-state index in [9.17, 15) is 4.79 Å². The van der Waals surface area contributed by atoms with Crippen LogP contribution in [-0.2, 0) is 9.53 Å². The molecule has 1 aliphatic carbocycles. The molecule has 0 aromatic rings. The van der Waals surface area contributed by atoms with Crippen molar-refractivity contribution < 1.29 is 9.53 Å². The molecule has 3 heteroatoms. The minimum absolute atomic E-state index is 0.0176. The lowest BCUT2D eigenvalue weighted by atomic mass is 9.78. The van der Waals surface area contributed by atoms with Crippen molar-refractivity contribution in [2.24, 2.45) is 11.8 Å². The molecule has 0 amide bonds. The molecule has 3 nitrogen and oxygen atoms in total. The van der Waals surface area contributed by atoms with E-state index in [1.165, 1.54) is 12.8 Å². The monoisotopic (exact) mass is 277 g/mol. The van der Waals surface area contributed by atoms with E-state index in [2.05, 4.69) is 10.8 Å². The van der Waals surface area contributed by atoms with Gasteiger partial charge < -0.3 is 9.64 Å². The predicted molar refractivity (Wildman–Crippen MR) is 80.1 cm³/mol. The molecule has 0 atom stereocenters. The van der Waals surface area contributed by atoms with Crippen LogP contribution in [0.2, 0.25) is 0 Å². The van der Waals surface area contributed by atoms with E-state index >= 15 is 0 Å². The summed E-state index contributed by atoms with van der Waals surface area (Å²) in [6.07, 6.45) is 10.6. The highest BCUT2D eigenvalue weighted by Gasteiger charge is 2.40. The highest BCUT2D eigenvalue weighted by Crippen LogP contribution is 2.36. The molecule has 1 heterocycles. The molecule has 0 unspecified atom stereocenters. The lowest BCUT2D eigenvalue weighted by Gasteiger charge is -2.45. The number of carbonyl (C=O) groups is 1. The highest BCUT2D eigenvalue weighted by atomic mass is 16.6. The number of carbonyl (C=O) groups excluding carboxylic acids is 1. The molecule has 0 aromatic heterocycles. The Kier molecular flexibility index (Phi) is 4.75. The number of hydrogen-bond acceptors (Lipinski definition) is 3. The Morgan fingerprint density at radius 2 is 1.90 bits per heavy atom. The first-order valence-electron chi connectivity index (χ1n) is 7.79. The van der Waals surface area contributed by atoms with Crippen molar-refractivity contribution in [2.75, 3.05) is 13.1 Å². The fourth-order valence-electron chi connectivity index (χ4n) is 3.15. The smallest absolute Gasteiger partial charge is 0.309 e. The number of likely N-dealkylation sites (tertiary alicyclic amines) is 1. The Hall–Kier alpha value is -1.01. The van der Waals surface area contributed by atoms with Crippen molar-refractivity contribution in [3.8, 4) is 12.3 Å². The van der Waals surface area contributed by atoms with Gasteiger partial charge in [-0.3, -0.25) is 4.79 Å². The van der Waals surface area contributed by atoms with Gasteiger partial charge in [0.1, 0.15) is 5.60 Å². The molecule has 0 radical (unpaired) electrons. The standard InChI is InChI=1S/C17H27NO2/c1-5-6-13-7-9-18(10-8-13)15-11-14(12-15)16(19)20-17(2,3)4/h1,13-15H,6-12H2,2-4H3. The van der Waals surface area contributed by atoms with Crippen molar-refractivity contribution in [1.29, 1.82) is 0 Å². The van der Waals surface area contributed by atoms with Gasteiger partial charge >= 0.3 is 5.97 Å². The quantitative estimate of drug-likeness (QED) is 0.587. The molecular formula is C17H27NO2. The summed E-state index contributed by atoms with van der Waals surface area (Å²) in [4.78, 5) is 14.5. The number of hydrogen-bond donors (Lipinski definition) is 0. The van der Waals surface area contributed by atoms with Crippen molar-refractivity contribution in [1.82, 2.24) is 4.90 Å². The second kappa shape index (κ2) is 6.18. The second-order valence-electron chi connectivity index (χ2n) is 7.24. The fraction of sp³-hybridized carbons (Fsp3) is 0.824. The highest BCUT2D eigenvalue weighted by molar-refractivity contribution is 5.74. The number of nitrogens with zero attached hydrogens (tertiary/aromatic N) is 1. The van der Waals surface area contributed by atoms with Gasteiger partial charge in [0.25, 0.3) is 0 Å². The van der Waals surface area contributed by atoms with Gasteiger partial charge in [-0.25, -0.2) is 0 Å². The molecule has 0 N–H and O–H groups in total. The molecule has 1 saturated carbocycles. The van der Waals surface area contributed by atoms with Crippen molar-refractivity contribution in [2.45, 2.75) is 64.5 Å². The van der Waals surface area contributed by atoms with E-state index in [0.29, 0.717) is 12.0 Å². The number of rotatable bonds is 3. The Labute approximate surface area is 123 Å². The van der Waals surface area contributed by atoms with Gasteiger partial charge in [0, 0.05) is 12.5 Å². The normalized spacial score (nSPS) is 28.5. The Morgan fingerprint density at radius 3 is 2.40 bits per heavy atom. The van der Waals surface area contributed by atoms with Gasteiger partial charge in [-0.2, -0.15) is 0 Å². The maximum absolute atomic E-state index is 11.9. The summed E-state index contributed by atoms with van der Waals surface area (Å²) in [6.45, 7) is 8.06.